The van der Waals surface area contributed by atoms with Gasteiger partial charge in [0.1, 0.15) is 11.4 Å². The van der Waals surface area contributed by atoms with Gasteiger partial charge in [0.2, 0.25) is 0 Å². The normalized spacial score (nSPS) is 13.4. The van der Waals surface area contributed by atoms with Gasteiger partial charge < -0.3 is 19.9 Å². The summed E-state index contributed by atoms with van der Waals surface area (Å²) < 4.78 is 45.4. The molecule has 0 saturated carbocycles. The third kappa shape index (κ3) is 6.66. The Kier molecular flexibility index (Phi) is 5.65. The van der Waals surface area contributed by atoms with Crippen molar-refractivity contribution in [2.45, 2.75) is 38.8 Å². The van der Waals surface area contributed by atoms with Gasteiger partial charge in [0.25, 0.3) is 0 Å². The lowest BCUT2D eigenvalue weighted by Gasteiger charge is -2.23. The van der Waals surface area contributed by atoms with E-state index in [9.17, 15) is 23.1 Å². The molecule has 0 spiro atoms. The summed E-state index contributed by atoms with van der Waals surface area (Å²) in [5.74, 6) is -0.436. The maximum absolute atomic E-state index is 12.2. The average Bonchev–Trinajstić information content (AvgIpc) is 2.32. The number of carbonyl (C=O) groups is 1. The first kappa shape index (κ1) is 18.1. The molecule has 0 aliphatic heterocycles. The van der Waals surface area contributed by atoms with Crippen LogP contribution in [0, 0.1) is 0 Å². The third-order valence-corrected chi connectivity index (χ3v) is 2.37. The minimum atomic E-state index is -4.81. The molecule has 0 aliphatic carbocycles. The highest BCUT2D eigenvalue weighted by molar-refractivity contribution is 5.68. The predicted molar refractivity (Wildman–Crippen MR) is 72.3 cm³/mol. The summed E-state index contributed by atoms with van der Waals surface area (Å²) in [6, 6.07) is 4.09. The number of aliphatic hydroxyl groups is 1. The summed E-state index contributed by atoms with van der Waals surface area (Å²) in [7, 11) is 0. The zero-order valence-corrected chi connectivity index (χ0v) is 12.4. The lowest BCUT2D eigenvalue weighted by molar-refractivity contribution is -0.274. The zero-order chi connectivity index (χ0) is 17.0. The molecule has 5 nitrogen and oxygen atoms in total. The molecule has 1 rings (SSSR count). The van der Waals surface area contributed by atoms with Crippen LogP contribution in [-0.2, 0) is 4.74 Å². The second kappa shape index (κ2) is 6.87. The minimum absolute atomic E-state index is 0.259. The van der Waals surface area contributed by atoms with Crippen molar-refractivity contribution in [1.82, 2.24) is 5.32 Å². The van der Waals surface area contributed by atoms with Gasteiger partial charge in [0.15, 0.2) is 0 Å². The third-order valence-electron chi connectivity index (χ3n) is 2.37. The number of carbonyl (C=O) groups excluding carboxylic acids is 1. The number of hydrogen-bond donors (Lipinski definition) is 2. The van der Waals surface area contributed by atoms with Crippen LogP contribution in [0.3, 0.4) is 0 Å². The minimum Gasteiger partial charge on any atom is -0.444 e. The van der Waals surface area contributed by atoms with E-state index in [1.807, 2.05) is 0 Å². The number of hydrogen-bond acceptors (Lipinski definition) is 4. The summed E-state index contributed by atoms with van der Waals surface area (Å²) in [6.45, 7) is 4.49. The first-order chi connectivity index (χ1) is 10.00. The lowest BCUT2D eigenvalue weighted by atomic mass is 10.1. The van der Waals surface area contributed by atoms with E-state index in [0.717, 1.165) is 12.1 Å². The molecule has 0 fully saturated rings. The number of aliphatic hydroxyl groups excluding tert-OH is 1. The quantitative estimate of drug-likeness (QED) is 0.894. The van der Waals surface area contributed by atoms with Crippen LogP contribution in [0.2, 0.25) is 0 Å². The molecule has 0 aliphatic rings. The van der Waals surface area contributed by atoms with Crippen molar-refractivity contribution in [2.75, 3.05) is 6.61 Å². The van der Waals surface area contributed by atoms with Crippen molar-refractivity contribution >= 4 is 6.09 Å². The number of amides is 1. The van der Waals surface area contributed by atoms with Crippen molar-refractivity contribution < 1.29 is 32.5 Å². The summed E-state index contributed by atoms with van der Waals surface area (Å²) in [6.07, 6.45) is -5.60. The van der Waals surface area contributed by atoms with Gasteiger partial charge in [-0.2, -0.15) is 0 Å². The smallest absolute Gasteiger partial charge is 0.444 e. The highest BCUT2D eigenvalue weighted by Crippen LogP contribution is 2.25. The number of alkyl halides is 3. The van der Waals surface area contributed by atoms with Crippen molar-refractivity contribution in [1.29, 1.82) is 0 Å². The fourth-order valence-corrected chi connectivity index (χ4v) is 1.61. The molecule has 1 amide bonds. The second-order valence-corrected chi connectivity index (χ2v) is 5.50. The second-order valence-electron chi connectivity index (χ2n) is 5.50. The fraction of sp³-hybridized carbons (Fsp3) is 0.500. The maximum Gasteiger partial charge on any atom is 0.573 e. The summed E-state index contributed by atoms with van der Waals surface area (Å²) >= 11 is 0. The predicted octanol–water partition coefficient (Wildman–Crippen LogP) is 3.14. The standard InChI is InChI=1S/C14H18F3NO4/c1-13(2,3)22-12(20)18-11(8-19)9-5-4-6-10(7-9)21-14(15,16)17/h4-7,11,19H,8H2,1-3H3,(H,18,20). The number of halogens is 3. The van der Waals surface area contributed by atoms with Gasteiger partial charge in [-0.05, 0) is 38.5 Å². The van der Waals surface area contributed by atoms with E-state index in [4.69, 9.17) is 4.74 Å². The number of ether oxygens (including phenoxy) is 2. The van der Waals surface area contributed by atoms with E-state index in [2.05, 4.69) is 10.1 Å². The highest BCUT2D eigenvalue weighted by atomic mass is 19.4. The van der Waals surface area contributed by atoms with Crippen molar-refractivity contribution in [3.8, 4) is 5.75 Å². The zero-order valence-electron chi connectivity index (χ0n) is 12.4. The number of benzene rings is 1. The fourth-order valence-electron chi connectivity index (χ4n) is 1.61. The Morgan fingerprint density at radius 1 is 1.32 bits per heavy atom. The SMILES string of the molecule is CC(C)(C)OC(=O)NC(CO)c1cccc(OC(F)(F)F)c1. The first-order valence-corrected chi connectivity index (χ1v) is 6.46. The van der Waals surface area contributed by atoms with Crippen molar-refractivity contribution in [3.63, 3.8) is 0 Å². The molecule has 1 aromatic rings. The first-order valence-electron chi connectivity index (χ1n) is 6.46. The molecule has 2 N–H and O–H groups in total. The molecule has 8 heteroatoms. The monoisotopic (exact) mass is 321 g/mol. The highest BCUT2D eigenvalue weighted by Gasteiger charge is 2.31. The molecule has 1 unspecified atom stereocenters. The van der Waals surface area contributed by atoms with Gasteiger partial charge in [-0.25, -0.2) is 4.79 Å². The van der Waals surface area contributed by atoms with Crippen LogP contribution < -0.4 is 10.1 Å². The van der Waals surface area contributed by atoms with Crippen LogP contribution in [-0.4, -0.2) is 29.8 Å². The van der Waals surface area contributed by atoms with Crippen LogP contribution >= 0.6 is 0 Å². The summed E-state index contributed by atoms with van der Waals surface area (Å²) in [5, 5.41) is 11.7. The van der Waals surface area contributed by atoms with Crippen LogP contribution in [0.15, 0.2) is 24.3 Å². The number of alkyl carbamates (subject to hydrolysis) is 1. The van der Waals surface area contributed by atoms with Crippen molar-refractivity contribution in [3.05, 3.63) is 29.8 Å². The Bertz CT molecular complexity index is 512. The van der Waals surface area contributed by atoms with Crippen LogP contribution in [0.1, 0.15) is 32.4 Å². The Labute approximate surface area is 126 Å². The Morgan fingerprint density at radius 3 is 2.45 bits per heavy atom. The topological polar surface area (TPSA) is 67.8 Å². The van der Waals surface area contributed by atoms with E-state index in [1.54, 1.807) is 20.8 Å². The van der Waals surface area contributed by atoms with Gasteiger partial charge in [0.05, 0.1) is 12.6 Å². The van der Waals surface area contributed by atoms with Crippen LogP contribution in [0.4, 0.5) is 18.0 Å². The molecule has 0 bridgehead atoms. The Hall–Kier alpha value is -1.96. The molecule has 0 radical (unpaired) electrons. The molecule has 1 aromatic carbocycles. The molecule has 0 heterocycles. The van der Waals surface area contributed by atoms with Gasteiger partial charge in [-0.1, -0.05) is 12.1 Å². The van der Waals surface area contributed by atoms with Crippen LogP contribution in [0.25, 0.3) is 0 Å². The van der Waals surface area contributed by atoms with E-state index in [0.29, 0.717) is 0 Å². The molecule has 1 atom stereocenters. The van der Waals surface area contributed by atoms with E-state index >= 15 is 0 Å². The van der Waals surface area contributed by atoms with Crippen molar-refractivity contribution in [2.24, 2.45) is 0 Å². The van der Waals surface area contributed by atoms with Gasteiger partial charge >= 0.3 is 12.5 Å². The Morgan fingerprint density at radius 2 is 1.95 bits per heavy atom. The maximum atomic E-state index is 12.2. The average molecular weight is 321 g/mol. The van der Waals surface area contributed by atoms with E-state index < -0.39 is 36.5 Å². The van der Waals surface area contributed by atoms with E-state index in [1.165, 1.54) is 12.1 Å². The largest absolute Gasteiger partial charge is 0.573 e. The van der Waals surface area contributed by atoms with Crippen LogP contribution in [0.5, 0.6) is 5.75 Å². The van der Waals surface area contributed by atoms with Gasteiger partial charge in [-0.3, -0.25) is 0 Å². The lowest BCUT2D eigenvalue weighted by Crippen LogP contribution is -2.36. The Balaban J connectivity index is 2.82. The molecule has 22 heavy (non-hydrogen) atoms. The van der Waals surface area contributed by atoms with Gasteiger partial charge in [-0.15, -0.1) is 13.2 Å². The summed E-state index contributed by atoms with van der Waals surface area (Å²) in [4.78, 5) is 11.7. The van der Waals surface area contributed by atoms with E-state index in [-0.39, 0.29) is 5.56 Å². The molecular formula is C14H18F3NO4. The molecule has 124 valence electrons. The molecule has 0 aromatic heterocycles. The van der Waals surface area contributed by atoms with Gasteiger partial charge in [0, 0.05) is 0 Å². The number of nitrogens with one attached hydrogen (secondary N) is 1. The molecular weight excluding hydrogens is 303 g/mol. The number of rotatable bonds is 4. The summed E-state index contributed by atoms with van der Waals surface area (Å²) in [5.41, 5.74) is -0.471. The molecule has 0 saturated heterocycles.